The molecule has 0 spiro atoms. The Bertz CT molecular complexity index is 507. The molecular weight excluding hydrogens is 223 g/mol. The largest absolute Gasteiger partial charge is 0.418 e. The first-order chi connectivity index (χ1) is 7.48. The van der Waals surface area contributed by atoms with Gasteiger partial charge >= 0.3 is 6.18 Å². The van der Waals surface area contributed by atoms with Crippen molar-refractivity contribution >= 4 is 5.82 Å². The van der Waals surface area contributed by atoms with Crippen LogP contribution in [0, 0.1) is 0 Å². The lowest BCUT2D eigenvalue weighted by molar-refractivity contribution is -0.137. The van der Waals surface area contributed by atoms with Gasteiger partial charge in [-0.1, -0.05) is 5.16 Å². The van der Waals surface area contributed by atoms with Crippen LogP contribution >= 0.6 is 0 Å². The minimum atomic E-state index is -4.49. The number of nitrogen functional groups attached to an aromatic ring is 1. The summed E-state index contributed by atoms with van der Waals surface area (Å²) in [6.07, 6.45) is -2.53. The van der Waals surface area contributed by atoms with Gasteiger partial charge in [0.05, 0.1) is 5.56 Å². The van der Waals surface area contributed by atoms with Gasteiger partial charge in [-0.15, -0.1) is 0 Å². The number of nitrogens with zero attached hydrogens (tertiary/aromatic N) is 2. The van der Waals surface area contributed by atoms with Crippen molar-refractivity contribution in [3.8, 4) is 11.3 Å². The van der Waals surface area contributed by atoms with Gasteiger partial charge in [0.15, 0.2) is 11.6 Å². The van der Waals surface area contributed by atoms with Gasteiger partial charge in [-0.3, -0.25) is 4.98 Å². The maximum absolute atomic E-state index is 12.6. The molecule has 2 heterocycles. The van der Waals surface area contributed by atoms with Crippen LogP contribution in [0.2, 0.25) is 0 Å². The number of hydrogen-bond donors (Lipinski definition) is 1. The Kier molecular flexibility index (Phi) is 2.30. The van der Waals surface area contributed by atoms with Crippen LogP contribution in [0.5, 0.6) is 0 Å². The van der Waals surface area contributed by atoms with Gasteiger partial charge in [-0.2, -0.15) is 13.2 Å². The topological polar surface area (TPSA) is 64.9 Å². The van der Waals surface area contributed by atoms with Gasteiger partial charge in [0, 0.05) is 24.0 Å². The summed E-state index contributed by atoms with van der Waals surface area (Å²) in [5, 5.41) is 3.33. The van der Waals surface area contributed by atoms with Crippen molar-refractivity contribution in [2.45, 2.75) is 6.18 Å². The van der Waals surface area contributed by atoms with Crippen LogP contribution < -0.4 is 5.73 Å². The second kappa shape index (κ2) is 3.51. The van der Waals surface area contributed by atoms with Crippen molar-refractivity contribution in [3.05, 3.63) is 30.1 Å². The molecule has 0 fully saturated rings. The molecule has 0 amide bonds. The molecule has 0 unspecified atom stereocenters. The number of anilines is 1. The van der Waals surface area contributed by atoms with Crippen molar-refractivity contribution in [3.63, 3.8) is 0 Å². The average Bonchev–Trinajstić information content (AvgIpc) is 2.64. The second-order valence-electron chi connectivity index (χ2n) is 3.04. The number of pyridine rings is 1. The maximum atomic E-state index is 12.6. The Morgan fingerprint density at radius 1 is 1.31 bits per heavy atom. The van der Waals surface area contributed by atoms with Crippen LogP contribution in [0.25, 0.3) is 11.3 Å². The Morgan fingerprint density at radius 2 is 2.06 bits per heavy atom. The summed E-state index contributed by atoms with van der Waals surface area (Å²) in [5.41, 5.74) is 4.26. The van der Waals surface area contributed by atoms with E-state index in [9.17, 15) is 13.2 Å². The summed E-state index contributed by atoms with van der Waals surface area (Å²) < 4.78 is 42.5. The van der Waals surface area contributed by atoms with Crippen LogP contribution in [0.1, 0.15) is 5.56 Å². The standard InChI is InChI=1S/C9H6F3N3O/c10-9(11,12)6-4-14-2-1-5(6)7-3-8(13)15-16-7/h1-4H,(H2,13,15). The Balaban J connectivity index is 2.57. The van der Waals surface area contributed by atoms with E-state index < -0.39 is 11.7 Å². The first-order valence-corrected chi connectivity index (χ1v) is 4.22. The molecule has 16 heavy (non-hydrogen) atoms. The lowest BCUT2D eigenvalue weighted by atomic mass is 10.1. The number of rotatable bonds is 1. The normalized spacial score (nSPS) is 11.7. The van der Waals surface area contributed by atoms with Crippen molar-refractivity contribution in [2.24, 2.45) is 0 Å². The smallest absolute Gasteiger partial charge is 0.381 e. The van der Waals surface area contributed by atoms with Crippen molar-refractivity contribution in [2.75, 3.05) is 5.73 Å². The lowest BCUT2D eigenvalue weighted by Crippen LogP contribution is -2.07. The fourth-order valence-electron chi connectivity index (χ4n) is 1.25. The molecule has 0 atom stereocenters. The highest BCUT2D eigenvalue weighted by Crippen LogP contribution is 2.36. The van der Waals surface area contributed by atoms with Crippen molar-refractivity contribution < 1.29 is 17.7 Å². The van der Waals surface area contributed by atoms with Crippen LogP contribution in [-0.4, -0.2) is 10.1 Å². The Morgan fingerprint density at radius 3 is 2.62 bits per heavy atom. The molecule has 2 rings (SSSR count). The van der Waals surface area contributed by atoms with E-state index in [0.717, 1.165) is 6.20 Å². The molecule has 2 aromatic rings. The van der Waals surface area contributed by atoms with Crippen LogP contribution in [-0.2, 0) is 6.18 Å². The summed E-state index contributed by atoms with van der Waals surface area (Å²) in [4.78, 5) is 3.43. The van der Waals surface area contributed by atoms with E-state index in [-0.39, 0.29) is 17.1 Å². The van der Waals surface area contributed by atoms with E-state index >= 15 is 0 Å². The summed E-state index contributed by atoms with van der Waals surface area (Å²) in [5.74, 6) is -0.00726. The highest BCUT2D eigenvalue weighted by molar-refractivity contribution is 5.64. The summed E-state index contributed by atoms with van der Waals surface area (Å²) in [6.45, 7) is 0. The summed E-state index contributed by atoms with van der Waals surface area (Å²) >= 11 is 0. The molecule has 4 nitrogen and oxygen atoms in total. The van der Waals surface area contributed by atoms with Crippen LogP contribution in [0.4, 0.5) is 19.0 Å². The van der Waals surface area contributed by atoms with E-state index in [2.05, 4.69) is 14.7 Å². The number of hydrogen-bond acceptors (Lipinski definition) is 4. The zero-order valence-corrected chi connectivity index (χ0v) is 7.82. The highest BCUT2D eigenvalue weighted by Gasteiger charge is 2.34. The number of aromatic nitrogens is 2. The van der Waals surface area contributed by atoms with Gasteiger partial charge in [-0.05, 0) is 6.07 Å². The molecule has 0 saturated carbocycles. The fourth-order valence-corrected chi connectivity index (χ4v) is 1.25. The molecule has 0 bridgehead atoms. The monoisotopic (exact) mass is 229 g/mol. The minimum Gasteiger partial charge on any atom is -0.381 e. The second-order valence-corrected chi connectivity index (χ2v) is 3.04. The van der Waals surface area contributed by atoms with Crippen LogP contribution in [0.15, 0.2) is 29.0 Å². The predicted molar refractivity (Wildman–Crippen MR) is 49.1 cm³/mol. The minimum absolute atomic E-state index is 0.0277. The Hall–Kier alpha value is -2.05. The molecule has 7 heteroatoms. The van der Waals surface area contributed by atoms with Gasteiger partial charge < -0.3 is 10.3 Å². The molecule has 84 valence electrons. The zero-order valence-electron chi connectivity index (χ0n) is 7.82. The van der Waals surface area contributed by atoms with E-state index in [1.807, 2.05) is 0 Å². The molecule has 2 aromatic heterocycles. The molecule has 0 aromatic carbocycles. The summed E-state index contributed by atoms with van der Waals surface area (Å²) in [7, 11) is 0. The number of halogens is 3. The quantitative estimate of drug-likeness (QED) is 0.815. The lowest BCUT2D eigenvalue weighted by Gasteiger charge is -2.09. The molecule has 0 saturated heterocycles. The fraction of sp³-hybridized carbons (Fsp3) is 0.111. The molecule has 2 N–H and O–H groups in total. The third-order valence-corrected chi connectivity index (χ3v) is 1.92. The zero-order chi connectivity index (χ0) is 11.8. The first kappa shape index (κ1) is 10.5. The van der Waals surface area contributed by atoms with Crippen molar-refractivity contribution in [1.29, 1.82) is 0 Å². The van der Waals surface area contributed by atoms with Gasteiger partial charge in [0.1, 0.15) is 0 Å². The molecule has 0 aliphatic rings. The van der Waals surface area contributed by atoms with E-state index in [1.165, 1.54) is 18.3 Å². The number of nitrogens with two attached hydrogens (primary N) is 1. The Labute approximate surface area is 87.9 Å². The van der Waals surface area contributed by atoms with E-state index in [1.54, 1.807) is 0 Å². The van der Waals surface area contributed by atoms with Crippen molar-refractivity contribution in [1.82, 2.24) is 10.1 Å². The third kappa shape index (κ3) is 1.83. The average molecular weight is 229 g/mol. The number of alkyl halides is 3. The molecule has 0 aliphatic carbocycles. The molecule has 0 aliphatic heterocycles. The van der Waals surface area contributed by atoms with Gasteiger partial charge in [0.25, 0.3) is 0 Å². The third-order valence-electron chi connectivity index (χ3n) is 1.92. The van der Waals surface area contributed by atoms with Crippen LogP contribution in [0.3, 0.4) is 0 Å². The van der Waals surface area contributed by atoms with E-state index in [4.69, 9.17) is 5.73 Å². The highest BCUT2D eigenvalue weighted by atomic mass is 19.4. The maximum Gasteiger partial charge on any atom is 0.418 e. The predicted octanol–water partition coefficient (Wildman–Crippen LogP) is 2.34. The molecule has 0 radical (unpaired) electrons. The molecular formula is C9H6F3N3O. The van der Waals surface area contributed by atoms with Gasteiger partial charge in [-0.25, -0.2) is 0 Å². The SMILES string of the molecule is Nc1cc(-c2ccncc2C(F)(F)F)on1. The summed E-state index contributed by atoms with van der Waals surface area (Å²) in [6, 6.07) is 2.42. The first-order valence-electron chi connectivity index (χ1n) is 4.22. The van der Waals surface area contributed by atoms with E-state index in [0.29, 0.717) is 0 Å². The van der Waals surface area contributed by atoms with Gasteiger partial charge in [0.2, 0.25) is 0 Å².